The van der Waals surface area contributed by atoms with E-state index in [0.717, 1.165) is 30.2 Å². The fourth-order valence-electron chi connectivity index (χ4n) is 3.36. The van der Waals surface area contributed by atoms with Crippen LogP contribution in [0.1, 0.15) is 39.2 Å². The summed E-state index contributed by atoms with van der Waals surface area (Å²) in [7, 11) is 0. The first-order valence-corrected chi connectivity index (χ1v) is 9.16. The molecule has 25 heavy (non-hydrogen) atoms. The summed E-state index contributed by atoms with van der Waals surface area (Å²) in [5, 5.41) is 0. The minimum atomic E-state index is -0.00403. The van der Waals surface area contributed by atoms with Crippen molar-refractivity contribution in [2.45, 2.75) is 39.0 Å². The van der Waals surface area contributed by atoms with E-state index < -0.39 is 0 Å². The van der Waals surface area contributed by atoms with Crippen molar-refractivity contribution in [2.24, 2.45) is 0 Å². The lowest BCUT2D eigenvalue weighted by Crippen LogP contribution is -2.25. The first-order chi connectivity index (χ1) is 11.9. The molecule has 1 aromatic carbocycles. The fourth-order valence-corrected chi connectivity index (χ4v) is 3.36. The van der Waals surface area contributed by atoms with Crippen LogP contribution in [-0.4, -0.2) is 36.1 Å². The highest BCUT2D eigenvalue weighted by Crippen LogP contribution is 2.35. The average Bonchev–Trinajstić information content (AvgIpc) is 3.07. The zero-order valence-corrected chi connectivity index (χ0v) is 15.6. The SMILES string of the molecule is CC(C)(C)c1cc(OCCN2CCCC2)ccc1-c1cccc(N)n1. The Labute approximate surface area is 151 Å². The molecule has 2 heterocycles. The maximum absolute atomic E-state index is 6.03. The van der Waals surface area contributed by atoms with Crippen LogP contribution in [0.3, 0.4) is 0 Å². The molecule has 0 unspecified atom stereocenters. The molecule has 1 aliphatic rings. The van der Waals surface area contributed by atoms with Crippen molar-refractivity contribution < 1.29 is 4.74 Å². The minimum absolute atomic E-state index is 0.00403. The second kappa shape index (κ2) is 7.44. The van der Waals surface area contributed by atoms with Crippen molar-refractivity contribution >= 4 is 5.82 Å². The number of likely N-dealkylation sites (tertiary alicyclic amines) is 1. The van der Waals surface area contributed by atoms with Crippen LogP contribution in [0, 0.1) is 0 Å². The fraction of sp³-hybridized carbons (Fsp3) is 0.476. The normalized spacial score (nSPS) is 15.5. The monoisotopic (exact) mass is 339 g/mol. The third-order valence-corrected chi connectivity index (χ3v) is 4.72. The summed E-state index contributed by atoms with van der Waals surface area (Å²) < 4.78 is 6.03. The number of ether oxygens (including phenoxy) is 1. The number of rotatable bonds is 5. The zero-order chi connectivity index (χ0) is 17.9. The van der Waals surface area contributed by atoms with Crippen molar-refractivity contribution in [3.8, 4) is 17.0 Å². The highest BCUT2D eigenvalue weighted by atomic mass is 16.5. The molecule has 3 rings (SSSR count). The smallest absolute Gasteiger partial charge is 0.124 e. The first-order valence-electron chi connectivity index (χ1n) is 9.16. The van der Waals surface area contributed by atoms with Crippen molar-refractivity contribution in [2.75, 3.05) is 32.0 Å². The number of hydrogen-bond donors (Lipinski definition) is 1. The number of nitrogens with zero attached hydrogens (tertiary/aromatic N) is 2. The van der Waals surface area contributed by atoms with Crippen molar-refractivity contribution in [3.05, 3.63) is 42.0 Å². The number of nitrogens with two attached hydrogens (primary N) is 1. The molecule has 134 valence electrons. The van der Waals surface area contributed by atoms with E-state index in [1.807, 2.05) is 24.3 Å². The Kier molecular flexibility index (Phi) is 5.28. The van der Waals surface area contributed by atoms with E-state index in [2.05, 4.69) is 42.8 Å². The van der Waals surface area contributed by atoms with Crippen LogP contribution in [0.2, 0.25) is 0 Å². The minimum Gasteiger partial charge on any atom is -0.492 e. The van der Waals surface area contributed by atoms with Crippen LogP contribution in [0.25, 0.3) is 11.3 Å². The lowest BCUT2D eigenvalue weighted by molar-refractivity contribution is 0.237. The summed E-state index contributed by atoms with van der Waals surface area (Å²) in [5.41, 5.74) is 9.12. The predicted molar refractivity (Wildman–Crippen MR) is 104 cm³/mol. The van der Waals surface area contributed by atoms with Gasteiger partial charge >= 0.3 is 0 Å². The van der Waals surface area contributed by atoms with E-state index in [-0.39, 0.29) is 5.41 Å². The number of hydrogen-bond acceptors (Lipinski definition) is 4. The Morgan fingerprint density at radius 3 is 2.56 bits per heavy atom. The number of anilines is 1. The molecule has 1 aliphatic heterocycles. The maximum atomic E-state index is 6.03. The van der Waals surface area contributed by atoms with Gasteiger partial charge < -0.3 is 10.5 Å². The quantitative estimate of drug-likeness (QED) is 0.891. The molecule has 0 bridgehead atoms. The molecule has 1 fully saturated rings. The van der Waals surface area contributed by atoms with Gasteiger partial charge in [0.2, 0.25) is 0 Å². The predicted octanol–water partition coefficient (Wildman–Crippen LogP) is 4.10. The van der Waals surface area contributed by atoms with Gasteiger partial charge in [-0.05, 0) is 67.2 Å². The van der Waals surface area contributed by atoms with E-state index in [1.165, 1.54) is 31.5 Å². The van der Waals surface area contributed by atoms with Crippen LogP contribution in [0.15, 0.2) is 36.4 Å². The number of benzene rings is 1. The highest BCUT2D eigenvalue weighted by Gasteiger charge is 2.20. The van der Waals surface area contributed by atoms with Gasteiger partial charge in [-0.2, -0.15) is 0 Å². The van der Waals surface area contributed by atoms with E-state index in [9.17, 15) is 0 Å². The van der Waals surface area contributed by atoms with E-state index in [1.54, 1.807) is 0 Å². The van der Waals surface area contributed by atoms with E-state index >= 15 is 0 Å². The zero-order valence-electron chi connectivity index (χ0n) is 15.6. The van der Waals surface area contributed by atoms with Gasteiger partial charge in [-0.1, -0.05) is 26.8 Å². The third-order valence-electron chi connectivity index (χ3n) is 4.72. The molecule has 0 amide bonds. The standard InChI is InChI=1S/C21H29N3O/c1-21(2,3)18-15-16(25-14-13-24-11-4-5-12-24)9-10-17(18)19-7-6-8-20(22)23-19/h6-10,15H,4-5,11-14H2,1-3H3,(H2,22,23). The number of nitrogen functional groups attached to an aromatic ring is 1. The van der Waals surface area contributed by atoms with Gasteiger partial charge in [-0.3, -0.25) is 4.90 Å². The molecule has 1 aromatic heterocycles. The molecule has 1 saturated heterocycles. The average molecular weight is 339 g/mol. The maximum Gasteiger partial charge on any atom is 0.124 e. The summed E-state index contributed by atoms with van der Waals surface area (Å²) in [6.45, 7) is 10.8. The number of aromatic nitrogens is 1. The lowest BCUT2D eigenvalue weighted by Gasteiger charge is -2.24. The Morgan fingerprint density at radius 1 is 1.12 bits per heavy atom. The topological polar surface area (TPSA) is 51.4 Å². The second-order valence-electron chi connectivity index (χ2n) is 7.80. The molecule has 0 spiro atoms. The molecule has 4 nitrogen and oxygen atoms in total. The van der Waals surface area contributed by atoms with Gasteiger partial charge in [0, 0.05) is 12.1 Å². The van der Waals surface area contributed by atoms with Gasteiger partial charge in [0.1, 0.15) is 18.2 Å². The van der Waals surface area contributed by atoms with Crippen molar-refractivity contribution in [1.29, 1.82) is 0 Å². The van der Waals surface area contributed by atoms with Gasteiger partial charge in [-0.15, -0.1) is 0 Å². The summed E-state index contributed by atoms with van der Waals surface area (Å²) in [5.74, 6) is 1.47. The molecule has 2 aromatic rings. The van der Waals surface area contributed by atoms with Crippen molar-refractivity contribution in [1.82, 2.24) is 9.88 Å². The lowest BCUT2D eigenvalue weighted by atomic mass is 9.82. The van der Waals surface area contributed by atoms with Crippen LogP contribution in [-0.2, 0) is 5.41 Å². The molecule has 0 radical (unpaired) electrons. The summed E-state index contributed by atoms with van der Waals surface area (Å²) in [6.07, 6.45) is 2.63. The Morgan fingerprint density at radius 2 is 1.88 bits per heavy atom. The van der Waals surface area contributed by atoms with E-state index in [0.29, 0.717) is 5.82 Å². The largest absolute Gasteiger partial charge is 0.492 e. The molecule has 0 saturated carbocycles. The molecular weight excluding hydrogens is 310 g/mol. The Hall–Kier alpha value is -2.07. The molecule has 2 N–H and O–H groups in total. The van der Waals surface area contributed by atoms with Gasteiger partial charge in [-0.25, -0.2) is 4.98 Å². The number of pyridine rings is 1. The van der Waals surface area contributed by atoms with Gasteiger partial charge in [0.15, 0.2) is 0 Å². The summed E-state index contributed by atoms with van der Waals surface area (Å²) in [4.78, 5) is 6.96. The molecule has 4 heteroatoms. The van der Waals surface area contributed by atoms with Crippen LogP contribution in [0.5, 0.6) is 5.75 Å². The molecular formula is C21H29N3O. The van der Waals surface area contributed by atoms with Gasteiger partial charge in [0.25, 0.3) is 0 Å². The highest BCUT2D eigenvalue weighted by molar-refractivity contribution is 5.67. The molecule has 0 aliphatic carbocycles. The Bertz CT molecular complexity index is 715. The van der Waals surface area contributed by atoms with Crippen LogP contribution >= 0.6 is 0 Å². The van der Waals surface area contributed by atoms with Crippen LogP contribution in [0.4, 0.5) is 5.82 Å². The third kappa shape index (κ3) is 4.51. The Balaban J connectivity index is 1.80. The summed E-state index contributed by atoms with van der Waals surface area (Å²) >= 11 is 0. The van der Waals surface area contributed by atoms with E-state index in [4.69, 9.17) is 10.5 Å². The van der Waals surface area contributed by atoms with Gasteiger partial charge in [0.05, 0.1) is 5.69 Å². The summed E-state index contributed by atoms with van der Waals surface area (Å²) in [6, 6.07) is 12.1. The molecule has 0 atom stereocenters. The van der Waals surface area contributed by atoms with Crippen LogP contribution < -0.4 is 10.5 Å². The first kappa shape index (κ1) is 17.7. The van der Waals surface area contributed by atoms with Crippen molar-refractivity contribution in [3.63, 3.8) is 0 Å². The second-order valence-corrected chi connectivity index (χ2v) is 7.80.